The standard InChI is InChI=1S/C18H15ClFN.C2H6/c1-12-16(19)11-15(13-7-3-2-4-8-13)18(21-12)14-9-5-6-10-17(14)20;1-2/h2-10,16,21H,1,11H2;1-2H3. The first-order chi connectivity index (χ1) is 11.2. The number of halogens is 2. The van der Waals surface area contributed by atoms with E-state index in [0.29, 0.717) is 17.7 Å². The SMILES string of the molecule is C=C1NC(c2ccccc2F)=C(c2ccccc2)CC1Cl.CC. The minimum atomic E-state index is -0.255. The van der Waals surface area contributed by atoms with Gasteiger partial charge >= 0.3 is 0 Å². The van der Waals surface area contributed by atoms with Gasteiger partial charge in [0, 0.05) is 11.3 Å². The van der Waals surface area contributed by atoms with Crippen LogP contribution in [0.1, 0.15) is 31.4 Å². The van der Waals surface area contributed by atoms with Gasteiger partial charge < -0.3 is 5.32 Å². The van der Waals surface area contributed by atoms with Gasteiger partial charge in [0.15, 0.2) is 0 Å². The minimum absolute atomic E-state index is 0.198. The van der Waals surface area contributed by atoms with Crippen molar-refractivity contribution in [2.45, 2.75) is 25.6 Å². The van der Waals surface area contributed by atoms with E-state index in [1.54, 1.807) is 12.1 Å². The topological polar surface area (TPSA) is 12.0 Å². The predicted molar refractivity (Wildman–Crippen MR) is 97.5 cm³/mol. The summed E-state index contributed by atoms with van der Waals surface area (Å²) >= 11 is 6.31. The molecule has 0 radical (unpaired) electrons. The number of alkyl halides is 1. The zero-order valence-electron chi connectivity index (χ0n) is 13.4. The van der Waals surface area contributed by atoms with Gasteiger partial charge in [0.05, 0.1) is 11.1 Å². The Labute approximate surface area is 142 Å². The number of hydrogen-bond acceptors (Lipinski definition) is 1. The molecule has 0 bridgehead atoms. The molecule has 120 valence electrons. The molecule has 1 nitrogen and oxygen atoms in total. The Bertz CT molecular complexity index is 707. The number of rotatable bonds is 2. The molecule has 0 saturated heterocycles. The van der Waals surface area contributed by atoms with E-state index in [1.165, 1.54) is 6.07 Å². The molecule has 1 N–H and O–H groups in total. The molecular weight excluding hydrogens is 309 g/mol. The molecule has 0 spiro atoms. The Balaban J connectivity index is 0.000000924. The summed E-state index contributed by atoms with van der Waals surface area (Å²) in [5.41, 5.74) is 4.05. The van der Waals surface area contributed by atoms with Gasteiger partial charge in [0.1, 0.15) is 5.82 Å². The molecule has 2 aromatic rings. The first-order valence-electron chi connectivity index (χ1n) is 7.80. The van der Waals surface area contributed by atoms with E-state index >= 15 is 0 Å². The molecule has 3 heteroatoms. The molecule has 1 aliphatic heterocycles. The van der Waals surface area contributed by atoms with E-state index in [0.717, 1.165) is 16.8 Å². The van der Waals surface area contributed by atoms with Gasteiger partial charge in [-0.05, 0) is 29.7 Å². The second kappa shape index (κ2) is 7.98. The Kier molecular flexibility index (Phi) is 6.00. The molecule has 1 aliphatic rings. The summed E-state index contributed by atoms with van der Waals surface area (Å²) in [6.45, 7) is 7.93. The summed E-state index contributed by atoms with van der Waals surface area (Å²) in [5.74, 6) is -0.255. The number of allylic oxidation sites excluding steroid dienone is 2. The van der Waals surface area contributed by atoms with E-state index in [4.69, 9.17) is 11.6 Å². The lowest BCUT2D eigenvalue weighted by atomic mass is 9.91. The van der Waals surface area contributed by atoms with Gasteiger partial charge in [-0.1, -0.05) is 62.9 Å². The molecule has 23 heavy (non-hydrogen) atoms. The molecule has 0 amide bonds. The van der Waals surface area contributed by atoms with Crippen LogP contribution in [0.2, 0.25) is 0 Å². The molecular formula is C20H21ClFN. The third-order valence-corrected chi connectivity index (χ3v) is 4.03. The van der Waals surface area contributed by atoms with Gasteiger partial charge in [0.2, 0.25) is 0 Å². The Morgan fingerprint density at radius 3 is 2.30 bits per heavy atom. The average Bonchev–Trinajstić information content (AvgIpc) is 2.60. The van der Waals surface area contributed by atoms with Crippen molar-refractivity contribution in [3.8, 4) is 0 Å². The fourth-order valence-electron chi connectivity index (χ4n) is 2.51. The van der Waals surface area contributed by atoms with E-state index in [9.17, 15) is 4.39 Å². The van der Waals surface area contributed by atoms with E-state index in [-0.39, 0.29) is 11.2 Å². The highest BCUT2D eigenvalue weighted by atomic mass is 35.5. The Hall–Kier alpha value is -2.06. The number of benzene rings is 2. The van der Waals surface area contributed by atoms with Gasteiger partial charge in [-0.2, -0.15) is 0 Å². The summed E-state index contributed by atoms with van der Waals surface area (Å²) in [6.07, 6.45) is 0.626. The Morgan fingerprint density at radius 2 is 1.65 bits per heavy atom. The highest BCUT2D eigenvalue weighted by Crippen LogP contribution is 2.36. The van der Waals surface area contributed by atoms with Crippen molar-refractivity contribution >= 4 is 22.9 Å². The largest absolute Gasteiger partial charge is 0.357 e. The first kappa shape index (κ1) is 17.3. The lowest BCUT2D eigenvalue weighted by molar-refractivity contribution is 0.622. The number of hydrogen-bond donors (Lipinski definition) is 1. The van der Waals surface area contributed by atoms with Crippen LogP contribution in [-0.4, -0.2) is 5.38 Å². The minimum Gasteiger partial charge on any atom is -0.357 e. The van der Waals surface area contributed by atoms with Crippen molar-refractivity contribution in [1.82, 2.24) is 5.32 Å². The van der Waals surface area contributed by atoms with Crippen LogP contribution in [0.25, 0.3) is 11.3 Å². The molecule has 0 aliphatic carbocycles. The Morgan fingerprint density at radius 1 is 1.04 bits per heavy atom. The second-order valence-electron chi connectivity index (χ2n) is 5.02. The fourth-order valence-corrected chi connectivity index (χ4v) is 2.72. The van der Waals surface area contributed by atoms with Crippen LogP contribution in [0.15, 0.2) is 66.9 Å². The van der Waals surface area contributed by atoms with E-state index < -0.39 is 0 Å². The van der Waals surface area contributed by atoms with Gasteiger partial charge in [-0.3, -0.25) is 0 Å². The maximum atomic E-state index is 14.2. The van der Waals surface area contributed by atoms with Crippen LogP contribution in [0.5, 0.6) is 0 Å². The van der Waals surface area contributed by atoms with Crippen molar-refractivity contribution < 1.29 is 4.39 Å². The van der Waals surface area contributed by atoms with Gasteiger partial charge in [0.25, 0.3) is 0 Å². The van der Waals surface area contributed by atoms with Gasteiger partial charge in [-0.25, -0.2) is 4.39 Å². The molecule has 1 unspecified atom stereocenters. The fraction of sp³-hybridized carbons (Fsp3) is 0.200. The maximum Gasteiger partial charge on any atom is 0.132 e. The van der Waals surface area contributed by atoms with Crippen molar-refractivity contribution in [1.29, 1.82) is 0 Å². The third kappa shape index (κ3) is 3.83. The van der Waals surface area contributed by atoms with Gasteiger partial charge in [-0.15, -0.1) is 11.6 Å². The summed E-state index contributed by atoms with van der Waals surface area (Å²) in [5, 5.41) is 2.99. The van der Waals surface area contributed by atoms with Crippen molar-refractivity contribution in [2.24, 2.45) is 0 Å². The molecule has 1 heterocycles. The quantitative estimate of drug-likeness (QED) is 0.683. The van der Waals surface area contributed by atoms with E-state index in [2.05, 4.69) is 11.9 Å². The van der Waals surface area contributed by atoms with Crippen molar-refractivity contribution in [3.05, 3.63) is 83.8 Å². The summed E-state index contributed by atoms with van der Waals surface area (Å²) in [7, 11) is 0. The lowest BCUT2D eigenvalue weighted by Gasteiger charge is -2.28. The van der Waals surface area contributed by atoms with Crippen LogP contribution >= 0.6 is 11.6 Å². The zero-order valence-corrected chi connectivity index (χ0v) is 14.2. The van der Waals surface area contributed by atoms with Crippen LogP contribution in [0.4, 0.5) is 4.39 Å². The highest BCUT2D eigenvalue weighted by Gasteiger charge is 2.25. The monoisotopic (exact) mass is 329 g/mol. The normalized spacial score (nSPS) is 17.2. The molecule has 0 fully saturated rings. The molecule has 0 saturated carbocycles. The van der Waals surface area contributed by atoms with E-state index in [1.807, 2.05) is 50.2 Å². The van der Waals surface area contributed by atoms with Crippen LogP contribution in [0, 0.1) is 5.82 Å². The predicted octanol–water partition coefficient (Wildman–Crippen LogP) is 5.83. The second-order valence-corrected chi connectivity index (χ2v) is 5.55. The maximum absolute atomic E-state index is 14.2. The molecule has 2 aromatic carbocycles. The smallest absolute Gasteiger partial charge is 0.132 e. The molecule has 3 rings (SSSR count). The van der Waals surface area contributed by atoms with Crippen LogP contribution < -0.4 is 5.32 Å². The summed E-state index contributed by atoms with van der Waals surface area (Å²) in [6, 6.07) is 16.6. The van der Waals surface area contributed by atoms with Crippen LogP contribution in [-0.2, 0) is 0 Å². The van der Waals surface area contributed by atoms with Crippen molar-refractivity contribution in [3.63, 3.8) is 0 Å². The third-order valence-electron chi connectivity index (χ3n) is 3.61. The number of nitrogens with one attached hydrogen (secondary N) is 1. The summed E-state index contributed by atoms with van der Waals surface area (Å²) in [4.78, 5) is 0. The lowest BCUT2D eigenvalue weighted by Crippen LogP contribution is -2.26. The van der Waals surface area contributed by atoms with Crippen molar-refractivity contribution in [2.75, 3.05) is 0 Å². The highest BCUT2D eigenvalue weighted by molar-refractivity contribution is 6.23. The van der Waals surface area contributed by atoms with Crippen LogP contribution in [0.3, 0.4) is 0 Å². The summed E-state index contributed by atoms with van der Waals surface area (Å²) < 4.78 is 14.2. The zero-order chi connectivity index (χ0) is 16.8. The first-order valence-corrected chi connectivity index (χ1v) is 8.24. The molecule has 0 aromatic heterocycles. The molecule has 1 atom stereocenters. The average molecular weight is 330 g/mol.